The molecule has 6 nitrogen and oxygen atoms in total. The summed E-state index contributed by atoms with van der Waals surface area (Å²) in [6, 6.07) is 68.6. The third kappa shape index (κ3) is 6.60. The molecule has 4 aromatic heterocycles. The average Bonchev–Trinajstić information content (AvgIpc) is 4.02. The summed E-state index contributed by atoms with van der Waals surface area (Å²) in [6.45, 7) is 2.13. The Morgan fingerprint density at radius 3 is 2.02 bits per heavy atom. The summed E-state index contributed by atoms with van der Waals surface area (Å²) in [6.07, 6.45) is 3.59. The van der Waals surface area contributed by atoms with Crippen LogP contribution in [0.3, 0.4) is 0 Å². The summed E-state index contributed by atoms with van der Waals surface area (Å²) in [7, 11) is 0. The monoisotopic (exact) mass is 948 g/mol. The van der Waals surface area contributed by atoms with Crippen molar-refractivity contribution in [1.29, 1.82) is 0 Å². The van der Waals surface area contributed by atoms with Gasteiger partial charge in [-0.25, -0.2) is 0 Å². The number of hydrogen-bond donors (Lipinski definition) is 0. The summed E-state index contributed by atoms with van der Waals surface area (Å²) in [5, 5.41) is 4.48. The van der Waals surface area contributed by atoms with Crippen molar-refractivity contribution in [3.63, 3.8) is 0 Å². The van der Waals surface area contributed by atoms with Gasteiger partial charge in [-0.2, -0.15) is 30.3 Å². The van der Waals surface area contributed by atoms with Crippen LogP contribution in [0.25, 0.3) is 77.4 Å². The molecule has 0 amide bonds. The maximum absolute atomic E-state index is 6.40. The van der Waals surface area contributed by atoms with Crippen molar-refractivity contribution in [3.05, 3.63) is 213 Å². The van der Waals surface area contributed by atoms with Gasteiger partial charge >= 0.3 is 0 Å². The van der Waals surface area contributed by atoms with Gasteiger partial charge < -0.3 is 19.2 Å². The Balaban J connectivity index is 0.000000143. The Hall–Kier alpha value is -7.31. The molecule has 1 radical (unpaired) electrons. The molecule has 0 saturated carbocycles. The van der Waals surface area contributed by atoms with Crippen molar-refractivity contribution in [3.8, 4) is 33.6 Å². The molecule has 0 atom stereocenters. The fourth-order valence-corrected chi connectivity index (χ4v) is 7.99. The van der Waals surface area contributed by atoms with Crippen molar-refractivity contribution >= 4 is 66.5 Å². The number of anilines is 4. The van der Waals surface area contributed by atoms with Gasteiger partial charge in [-0.15, -0.1) is 35.5 Å². The molecule has 0 unspecified atom stereocenters. The predicted octanol–water partition coefficient (Wildman–Crippen LogP) is 13.3. The average molecular weight is 948 g/mol. The fourth-order valence-electron chi connectivity index (χ4n) is 7.99. The molecule has 0 fully saturated rings. The number of rotatable bonds is 5. The summed E-state index contributed by atoms with van der Waals surface area (Å²) in [5.41, 5.74) is 13.8. The predicted molar refractivity (Wildman–Crippen MR) is 240 cm³/mol. The normalized spacial score (nSPS) is 12.1. The Morgan fingerprint density at radius 1 is 0.533 bits per heavy atom. The number of benzene rings is 7. The van der Waals surface area contributed by atoms with Crippen LogP contribution in [0.4, 0.5) is 22.7 Å². The number of para-hydroxylation sites is 5. The first-order valence-corrected chi connectivity index (χ1v) is 19.5. The van der Waals surface area contributed by atoms with Crippen LogP contribution in [0, 0.1) is 18.8 Å². The van der Waals surface area contributed by atoms with E-state index in [0.29, 0.717) is 0 Å². The Kier molecular flexibility index (Phi) is 9.74. The first-order chi connectivity index (χ1) is 29.3. The minimum absolute atomic E-state index is 0. The molecule has 11 aromatic rings. The maximum atomic E-state index is 6.40. The van der Waals surface area contributed by atoms with Crippen molar-refractivity contribution in [2.45, 2.75) is 0 Å². The van der Waals surface area contributed by atoms with Gasteiger partial charge in [-0.3, -0.25) is 9.97 Å². The molecule has 0 aliphatic carbocycles. The standard InChI is InChI=1S/C28H17N2O.C25H16N3.Ir/c1-2-8-19(9-3-1)20-12-13-22-23-16-21(25-10-4-6-14-29-25)17-24(26-11-5-7-15-30-26)28(23)31-27(22)18-20;1-2-9-18(10-3-1)27-17-28(23-15-7-6-14-22(23)27)24-16-8-12-20-19-11-4-5-13-21(19)26-25(20)24;/h1-16,18H;1-9,11-17H;/q-1;-3;. The van der Waals surface area contributed by atoms with Crippen LogP contribution in [0.15, 0.2) is 199 Å². The van der Waals surface area contributed by atoms with E-state index in [4.69, 9.17) is 9.40 Å². The number of aromatic nitrogens is 3. The minimum Gasteiger partial charge on any atom is -0.655 e. The van der Waals surface area contributed by atoms with E-state index in [1.165, 1.54) is 10.8 Å². The largest absolute Gasteiger partial charge is 0.655 e. The molecule has 289 valence electrons. The van der Waals surface area contributed by atoms with Gasteiger partial charge in [-0.05, 0) is 69.4 Å². The molecular weight excluding hydrogens is 915 g/mol. The van der Waals surface area contributed by atoms with Crippen molar-refractivity contribution in [2.75, 3.05) is 9.80 Å². The molecule has 12 rings (SSSR count). The van der Waals surface area contributed by atoms with Gasteiger partial charge in [0.05, 0.1) is 5.58 Å². The zero-order chi connectivity index (χ0) is 39.1. The fraction of sp³-hybridized carbons (Fsp3) is 0. The van der Waals surface area contributed by atoms with E-state index in [-0.39, 0.29) is 20.1 Å². The summed E-state index contributed by atoms with van der Waals surface area (Å²) < 4.78 is 6.40. The van der Waals surface area contributed by atoms with E-state index in [2.05, 4.69) is 142 Å². The van der Waals surface area contributed by atoms with Gasteiger partial charge in [-0.1, -0.05) is 126 Å². The van der Waals surface area contributed by atoms with E-state index in [1.54, 1.807) is 12.4 Å². The Morgan fingerprint density at radius 2 is 1.23 bits per heavy atom. The summed E-state index contributed by atoms with van der Waals surface area (Å²) >= 11 is 0. The quantitative estimate of drug-likeness (QED) is 0.160. The van der Waals surface area contributed by atoms with Gasteiger partial charge in [0.2, 0.25) is 0 Å². The molecule has 5 heterocycles. The molecule has 0 spiro atoms. The van der Waals surface area contributed by atoms with Gasteiger partial charge in [0.15, 0.2) is 0 Å². The third-order valence-electron chi connectivity index (χ3n) is 10.8. The molecule has 1 aliphatic rings. The SMILES string of the molecule is [Ir].[c-]1c(-c2ccccn2)cc2c(oc3cc(-c4ccccc4)ccc32)c1-c1ccccn1.[c-]1ccccc1N1[CH-]N(c2cccc3c2[n-]c2ccccc23)c2ccccc21. The number of pyridine rings is 2. The first-order valence-electron chi connectivity index (χ1n) is 19.5. The Bertz CT molecular complexity index is 3260. The van der Waals surface area contributed by atoms with Crippen LogP contribution in [0.2, 0.25) is 0 Å². The van der Waals surface area contributed by atoms with Crippen molar-refractivity contribution < 1.29 is 24.5 Å². The van der Waals surface area contributed by atoms with E-state index in [9.17, 15) is 0 Å². The maximum Gasteiger partial charge on any atom is 0.124 e. The van der Waals surface area contributed by atoms with Crippen LogP contribution in [0.5, 0.6) is 0 Å². The van der Waals surface area contributed by atoms with Gasteiger partial charge in [0.1, 0.15) is 5.58 Å². The number of fused-ring (bicyclic) bond motifs is 7. The molecule has 0 saturated heterocycles. The van der Waals surface area contributed by atoms with E-state index < -0.39 is 0 Å². The molecule has 60 heavy (non-hydrogen) atoms. The van der Waals surface area contributed by atoms with Crippen LogP contribution in [-0.4, -0.2) is 9.97 Å². The summed E-state index contributed by atoms with van der Waals surface area (Å²) in [4.78, 5) is 18.4. The van der Waals surface area contributed by atoms with Crippen LogP contribution in [0.1, 0.15) is 0 Å². The molecule has 0 bridgehead atoms. The third-order valence-corrected chi connectivity index (χ3v) is 10.8. The smallest absolute Gasteiger partial charge is 0.124 e. The molecule has 7 heteroatoms. The van der Waals surface area contributed by atoms with Crippen LogP contribution < -0.4 is 14.8 Å². The molecular formula is C53H33IrN5O-4. The first kappa shape index (κ1) is 37.0. The zero-order valence-electron chi connectivity index (χ0n) is 32.0. The van der Waals surface area contributed by atoms with Gasteiger partial charge in [0, 0.05) is 60.6 Å². The number of furan rings is 1. The second-order valence-electron chi connectivity index (χ2n) is 14.3. The number of hydrogen-bond acceptors (Lipinski definition) is 5. The zero-order valence-corrected chi connectivity index (χ0v) is 34.4. The minimum atomic E-state index is 0. The van der Waals surface area contributed by atoms with E-state index in [1.807, 2.05) is 78.9 Å². The van der Waals surface area contributed by atoms with Crippen molar-refractivity contribution in [1.82, 2.24) is 15.0 Å². The second kappa shape index (κ2) is 15.8. The van der Waals surface area contributed by atoms with Crippen molar-refractivity contribution in [2.24, 2.45) is 0 Å². The van der Waals surface area contributed by atoms with Gasteiger partial charge in [0.25, 0.3) is 0 Å². The van der Waals surface area contributed by atoms with Crippen LogP contribution in [-0.2, 0) is 20.1 Å². The van der Waals surface area contributed by atoms with E-state index in [0.717, 1.165) is 89.4 Å². The van der Waals surface area contributed by atoms with E-state index >= 15 is 0 Å². The second-order valence-corrected chi connectivity index (χ2v) is 14.3. The molecule has 1 aliphatic heterocycles. The topological polar surface area (TPSA) is 59.5 Å². The molecule has 7 aromatic carbocycles. The Labute approximate surface area is 360 Å². The molecule has 0 N–H and O–H groups in total. The summed E-state index contributed by atoms with van der Waals surface area (Å²) in [5.74, 6) is 0. The van der Waals surface area contributed by atoms with Crippen LogP contribution >= 0.6 is 0 Å². The number of nitrogens with zero attached hydrogens (tertiary/aromatic N) is 5.